The Balaban J connectivity index is 2.09. The van der Waals surface area contributed by atoms with E-state index in [0.717, 1.165) is 56.7 Å². The van der Waals surface area contributed by atoms with Crippen molar-refractivity contribution in [2.45, 2.75) is 46.5 Å². The highest BCUT2D eigenvalue weighted by Crippen LogP contribution is 2.22. The third-order valence-electron chi connectivity index (χ3n) is 4.01. The minimum Gasteiger partial charge on any atom is -0.356 e. The fourth-order valence-corrected chi connectivity index (χ4v) is 2.76. The highest BCUT2D eigenvalue weighted by atomic mass is 15.3. The van der Waals surface area contributed by atoms with E-state index < -0.39 is 0 Å². The molecule has 20 heavy (non-hydrogen) atoms. The topological polar surface area (TPSA) is 32.3 Å². The maximum atomic E-state index is 4.80. The van der Waals surface area contributed by atoms with Crippen molar-refractivity contribution in [1.82, 2.24) is 9.97 Å². The molecular weight excluding hydrogens is 248 g/mol. The lowest BCUT2D eigenvalue weighted by Crippen LogP contribution is -2.34. The molecule has 0 atom stereocenters. The van der Waals surface area contributed by atoms with E-state index in [9.17, 15) is 0 Å². The second kappa shape index (κ2) is 7.46. The molecule has 0 aliphatic carbocycles. The highest BCUT2D eigenvalue weighted by Gasteiger charge is 2.18. The first kappa shape index (κ1) is 15.1. The average molecular weight is 276 g/mol. The smallest absolute Gasteiger partial charge is 0.227 e. The van der Waals surface area contributed by atoms with Crippen molar-refractivity contribution in [3.8, 4) is 0 Å². The molecule has 0 bridgehead atoms. The summed E-state index contributed by atoms with van der Waals surface area (Å²) in [7, 11) is 0. The van der Waals surface area contributed by atoms with Crippen LogP contribution in [0.2, 0.25) is 0 Å². The SMILES string of the molecule is CCCN(CCC)c1nccc(N2CCC(C)CC2)n1. The minimum absolute atomic E-state index is 0.851. The second-order valence-corrected chi connectivity index (χ2v) is 5.87. The maximum absolute atomic E-state index is 4.80. The molecule has 0 N–H and O–H groups in total. The standard InChI is InChI=1S/C16H28N4/c1-4-10-20(11-5-2)16-17-9-6-15(18-16)19-12-7-14(3)8-13-19/h6,9,14H,4-5,7-8,10-13H2,1-3H3. The second-order valence-electron chi connectivity index (χ2n) is 5.87. The summed E-state index contributed by atoms with van der Waals surface area (Å²) < 4.78 is 0. The van der Waals surface area contributed by atoms with Gasteiger partial charge in [0.1, 0.15) is 5.82 Å². The molecule has 1 aliphatic heterocycles. The van der Waals surface area contributed by atoms with Gasteiger partial charge in [0.2, 0.25) is 5.95 Å². The van der Waals surface area contributed by atoms with Crippen molar-refractivity contribution in [2.75, 3.05) is 36.0 Å². The Kier molecular flexibility index (Phi) is 5.62. The number of anilines is 2. The summed E-state index contributed by atoms with van der Waals surface area (Å²) >= 11 is 0. The van der Waals surface area contributed by atoms with Crippen LogP contribution in [0, 0.1) is 5.92 Å². The van der Waals surface area contributed by atoms with Crippen LogP contribution < -0.4 is 9.80 Å². The lowest BCUT2D eigenvalue weighted by molar-refractivity contribution is 0.436. The zero-order valence-electron chi connectivity index (χ0n) is 13.2. The Labute approximate surface area is 123 Å². The van der Waals surface area contributed by atoms with E-state index in [-0.39, 0.29) is 0 Å². The lowest BCUT2D eigenvalue weighted by Gasteiger charge is -2.31. The third-order valence-corrected chi connectivity index (χ3v) is 4.01. The van der Waals surface area contributed by atoms with Crippen molar-refractivity contribution in [1.29, 1.82) is 0 Å². The van der Waals surface area contributed by atoms with Gasteiger partial charge in [-0.1, -0.05) is 20.8 Å². The minimum atomic E-state index is 0.851. The average Bonchev–Trinajstić information content (AvgIpc) is 2.48. The van der Waals surface area contributed by atoms with E-state index >= 15 is 0 Å². The quantitative estimate of drug-likeness (QED) is 0.797. The largest absolute Gasteiger partial charge is 0.356 e. The van der Waals surface area contributed by atoms with Gasteiger partial charge in [-0.25, -0.2) is 4.98 Å². The summed E-state index contributed by atoms with van der Waals surface area (Å²) in [4.78, 5) is 14.0. The Morgan fingerprint density at radius 1 is 1.20 bits per heavy atom. The van der Waals surface area contributed by atoms with Crippen LogP contribution in [0.25, 0.3) is 0 Å². The zero-order chi connectivity index (χ0) is 14.4. The first-order valence-corrected chi connectivity index (χ1v) is 8.07. The summed E-state index contributed by atoms with van der Waals surface area (Å²) in [6.07, 6.45) is 6.72. The normalized spacial score (nSPS) is 16.4. The van der Waals surface area contributed by atoms with Crippen LogP contribution in [0.15, 0.2) is 12.3 Å². The van der Waals surface area contributed by atoms with E-state index in [4.69, 9.17) is 4.98 Å². The molecule has 1 aliphatic rings. The molecule has 2 rings (SSSR count). The highest BCUT2D eigenvalue weighted by molar-refractivity contribution is 5.44. The summed E-state index contributed by atoms with van der Waals surface area (Å²) in [5.74, 6) is 2.84. The van der Waals surface area contributed by atoms with Gasteiger partial charge in [0.25, 0.3) is 0 Å². The van der Waals surface area contributed by atoms with E-state index in [1.807, 2.05) is 6.20 Å². The van der Waals surface area contributed by atoms with E-state index in [0.29, 0.717) is 0 Å². The molecule has 0 aromatic carbocycles. The molecule has 4 heteroatoms. The Hall–Kier alpha value is -1.32. The van der Waals surface area contributed by atoms with E-state index in [2.05, 4.69) is 41.6 Å². The van der Waals surface area contributed by atoms with Crippen LogP contribution in [0.5, 0.6) is 0 Å². The molecule has 0 saturated carbocycles. The Morgan fingerprint density at radius 3 is 2.45 bits per heavy atom. The van der Waals surface area contributed by atoms with Gasteiger partial charge in [0, 0.05) is 32.4 Å². The molecule has 2 heterocycles. The van der Waals surface area contributed by atoms with Gasteiger partial charge in [-0.3, -0.25) is 0 Å². The first-order chi connectivity index (χ1) is 9.74. The molecule has 0 unspecified atom stereocenters. The number of rotatable bonds is 6. The molecule has 4 nitrogen and oxygen atoms in total. The van der Waals surface area contributed by atoms with Crippen molar-refractivity contribution < 1.29 is 0 Å². The summed E-state index contributed by atoms with van der Waals surface area (Å²) in [6.45, 7) is 11.1. The molecule has 0 amide bonds. The number of hydrogen-bond donors (Lipinski definition) is 0. The first-order valence-electron chi connectivity index (χ1n) is 8.07. The molecular formula is C16H28N4. The number of aromatic nitrogens is 2. The molecule has 1 saturated heterocycles. The zero-order valence-corrected chi connectivity index (χ0v) is 13.2. The van der Waals surface area contributed by atoms with E-state index in [1.165, 1.54) is 12.8 Å². The molecule has 0 radical (unpaired) electrons. The van der Waals surface area contributed by atoms with Gasteiger partial charge in [-0.15, -0.1) is 0 Å². The molecule has 1 aromatic rings. The monoisotopic (exact) mass is 276 g/mol. The molecule has 1 fully saturated rings. The maximum Gasteiger partial charge on any atom is 0.227 e. The van der Waals surface area contributed by atoms with Gasteiger partial charge in [0.15, 0.2) is 0 Å². The predicted octanol–water partition coefficient (Wildman–Crippen LogP) is 3.34. The Morgan fingerprint density at radius 2 is 1.85 bits per heavy atom. The third kappa shape index (κ3) is 3.84. The Bertz CT molecular complexity index is 393. The van der Waals surface area contributed by atoms with Crippen LogP contribution in [-0.4, -0.2) is 36.1 Å². The number of nitrogens with zero attached hydrogens (tertiary/aromatic N) is 4. The molecule has 0 spiro atoms. The fraction of sp³-hybridized carbons (Fsp3) is 0.750. The van der Waals surface area contributed by atoms with Crippen molar-refractivity contribution in [3.63, 3.8) is 0 Å². The van der Waals surface area contributed by atoms with Gasteiger partial charge in [0.05, 0.1) is 0 Å². The van der Waals surface area contributed by atoms with Gasteiger partial charge in [-0.2, -0.15) is 4.98 Å². The van der Waals surface area contributed by atoms with Gasteiger partial charge < -0.3 is 9.80 Å². The summed E-state index contributed by atoms with van der Waals surface area (Å²) in [5, 5.41) is 0. The van der Waals surface area contributed by atoms with Gasteiger partial charge in [-0.05, 0) is 37.7 Å². The van der Waals surface area contributed by atoms with Crippen molar-refractivity contribution in [2.24, 2.45) is 5.92 Å². The van der Waals surface area contributed by atoms with Crippen LogP contribution in [0.3, 0.4) is 0 Å². The predicted molar refractivity (Wildman–Crippen MR) is 85.4 cm³/mol. The number of hydrogen-bond acceptors (Lipinski definition) is 4. The lowest BCUT2D eigenvalue weighted by atomic mass is 9.99. The van der Waals surface area contributed by atoms with Crippen LogP contribution in [0.4, 0.5) is 11.8 Å². The van der Waals surface area contributed by atoms with Crippen molar-refractivity contribution in [3.05, 3.63) is 12.3 Å². The fourth-order valence-electron chi connectivity index (χ4n) is 2.76. The summed E-state index contributed by atoms with van der Waals surface area (Å²) in [6, 6.07) is 2.05. The van der Waals surface area contributed by atoms with E-state index in [1.54, 1.807) is 0 Å². The number of piperidine rings is 1. The molecule has 1 aromatic heterocycles. The van der Waals surface area contributed by atoms with Crippen LogP contribution >= 0.6 is 0 Å². The molecule has 112 valence electrons. The van der Waals surface area contributed by atoms with Gasteiger partial charge >= 0.3 is 0 Å². The summed E-state index contributed by atoms with van der Waals surface area (Å²) in [5.41, 5.74) is 0. The van der Waals surface area contributed by atoms with Crippen LogP contribution in [0.1, 0.15) is 46.5 Å². The van der Waals surface area contributed by atoms with Crippen molar-refractivity contribution >= 4 is 11.8 Å². The van der Waals surface area contributed by atoms with Crippen LogP contribution in [-0.2, 0) is 0 Å².